The maximum absolute atomic E-state index is 5.95. The lowest BCUT2D eigenvalue weighted by Crippen LogP contribution is -2.48. The Morgan fingerprint density at radius 3 is 2.94 bits per heavy atom. The highest BCUT2D eigenvalue weighted by Gasteiger charge is 2.43. The molecule has 2 N–H and O–H groups in total. The van der Waals surface area contributed by atoms with Crippen LogP contribution in [0.5, 0.6) is 5.75 Å². The molecule has 0 radical (unpaired) electrons. The van der Waals surface area contributed by atoms with E-state index in [0.29, 0.717) is 19.8 Å². The summed E-state index contributed by atoms with van der Waals surface area (Å²) >= 11 is 0. The molecule has 0 aromatic heterocycles. The number of hydrogen-bond acceptors (Lipinski definition) is 3. The van der Waals surface area contributed by atoms with Crippen molar-refractivity contribution in [3.05, 3.63) is 29.8 Å². The fourth-order valence-corrected chi connectivity index (χ4v) is 2.40. The molecular weight excluding hydrogens is 202 g/mol. The highest BCUT2D eigenvalue weighted by atomic mass is 16.5. The minimum Gasteiger partial charge on any atom is -0.493 e. The lowest BCUT2D eigenvalue weighted by atomic mass is 9.80. The summed E-state index contributed by atoms with van der Waals surface area (Å²) in [6.07, 6.45) is 0. The Hall–Kier alpha value is -1.06. The first kappa shape index (κ1) is 11.4. The summed E-state index contributed by atoms with van der Waals surface area (Å²) in [6, 6.07) is 8.00. The van der Waals surface area contributed by atoms with Crippen LogP contribution in [0.25, 0.3) is 0 Å². The van der Waals surface area contributed by atoms with Crippen LogP contribution in [0, 0.1) is 5.92 Å². The average Bonchev–Trinajstić information content (AvgIpc) is 2.33. The molecule has 1 aromatic rings. The van der Waals surface area contributed by atoms with E-state index >= 15 is 0 Å². The van der Waals surface area contributed by atoms with Crippen molar-refractivity contribution in [1.29, 1.82) is 0 Å². The van der Waals surface area contributed by atoms with Gasteiger partial charge in [-0.2, -0.15) is 0 Å². The molecule has 0 aliphatic carbocycles. The van der Waals surface area contributed by atoms with Crippen molar-refractivity contribution in [3.63, 3.8) is 0 Å². The van der Waals surface area contributed by atoms with Gasteiger partial charge in [-0.1, -0.05) is 25.1 Å². The van der Waals surface area contributed by atoms with Gasteiger partial charge in [0.25, 0.3) is 0 Å². The van der Waals surface area contributed by atoms with Gasteiger partial charge < -0.3 is 15.2 Å². The van der Waals surface area contributed by atoms with Crippen LogP contribution in [0.2, 0.25) is 0 Å². The van der Waals surface area contributed by atoms with E-state index in [2.05, 4.69) is 6.92 Å². The van der Waals surface area contributed by atoms with Crippen LogP contribution in [0.15, 0.2) is 24.3 Å². The molecule has 1 aliphatic rings. The van der Waals surface area contributed by atoms with Gasteiger partial charge in [-0.3, -0.25) is 0 Å². The van der Waals surface area contributed by atoms with Gasteiger partial charge in [-0.15, -0.1) is 0 Å². The monoisotopic (exact) mass is 221 g/mol. The normalized spacial score (nSPS) is 28.3. The Morgan fingerprint density at radius 2 is 2.25 bits per heavy atom. The maximum Gasteiger partial charge on any atom is 0.125 e. The molecule has 2 rings (SSSR count). The Labute approximate surface area is 96.5 Å². The topological polar surface area (TPSA) is 44.5 Å². The Morgan fingerprint density at radius 1 is 1.50 bits per heavy atom. The first-order chi connectivity index (χ1) is 7.74. The number of fused-ring (bicyclic) bond motifs is 1. The van der Waals surface area contributed by atoms with Crippen LogP contribution >= 0.6 is 0 Å². The fraction of sp³-hybridized carbons (Fsp3) is 0.538. The zero-order valence-corrected chi connectivity index (χ0v) is 9.90. The zero-order chi connectivity index (χ0) is 11.6. The van der Waals surface area contributed by atoms with E-state index in [-0.39, 0.29) is 11.5 Å². The van der Waals surface area contributed by atoms with Crippen LogP contribution in [0.4, 0.5) is 0 Å². The van der Waals surface area contributed by atoms with Gasteiger partial charge >= 0.3 is 0 Å². The van der Waals surface area contributed by atoms with Crippen LogP contribution in [0.3, 0.4) is 0 Å². The van der Waals surface area contributed by atoms with E-state index in [0.717, 1.165) is 11.3 Å². The third kappa shape index (κ3) is 1.60. The summed E-state index contributed by atoms with van der Waals surface area (Å²) in [5.41, 5.74) is 6.65. The largest absolute Gasteiger partial charge is 0.493 e. The predicted molar refractivity (Wildman–Crippen MR) is 63.5 cm³/mol. The Kier molecular flexibility index (Phi) is 3.17. The molecule has 16 heavy (non-hydrogen) atoms. The van der Waals surface area contributed by atoms with Gasteiger partial charge in [0.1, 0.15) is 11.4 Å². The third-order valence-electron chi connectivity index (χ3n) is 3.33. The lowest BCUT2D eigenvalue weighted by Gasteiger charge is -2.42. The van der Waals surface area contributed by atoms with Crippen molar-refractivity contribution in [2.45, 2.75) is 19.4 Å². The Balaban J connectivity index is 2.49. The first-order valence-corrected chi connectivity index (χ1v) is 5.81. The molecule has 0 bridgehead atoms. The van der Waals surface area contributed by atoms with Crippen LogP contribution < -0.4 is 10.5 Å². The molecule has 1 heterocycles. The van der Waals surface area contributed by atoms with Crippen LogP contribution in [-0.4, -0.2) is 19.8 Å². The SMILES string of the molecule is CCOC1(CN)c2ccccc2OCC1C. The van der Waals surface area contributed by atoms with E-state index in [1.807, 2.05) is 31.2 Å². The van der Waals surface area contributed by atoms with Crippen molar-refractivity contribution >= 4 is 0 Å². The smallest absolute Gasteiger partial charge is 0.125 e. The third-order valence-corrected chi connectivity index (χ3v) is 3.33. The number of nitrogens with two attached hydrogens (primary N) is 1. The predicted octanol–water partition coefficient (Wildman–Crippen LogP) is 1.91. The van der Waals surface area contributed by atoms with Crippen molar-refractivity contribution < 1.29 is 9.47 Å². The maximum atomic E-state index is 5.95. The van der Waals surface area contributed by atoms with E-state index in [4.69, 9.17) is 15.2 Å². The van der Waals surface area contributed by atoms with Crippen molar-refractivity contribution in [3.8, 4) is 5.75 Å². The lowest BCUT2D eigenvalue weighted by molar-refractivity contribution is -0.0994. The molecule has 0 amide bonds. The molecule has 1 aromatic carbocycles. The van der Waals surface area contributed by atoms with Crippen molar-refractivity contribution in [1.82, 2.24) is 0 Å². The van der Waals surface area contributed by atoms with Gasteiger partial charge in [-0.05, 0) is 13.0 Å². The van der Waals surface area contributed by atoms with E-state index < -0.39 is 0 Å². The molecule has 2 atom stereocenters. The molecule has 3 nitrogen and oxygen atoms in total. The molecule has 2 unspecified atom stereocenters. The number of hydrogen-bond donors (Lipinski definition) is 1. The van der Waals surface area contributed by atoms with Gasteiger partial charge in [0.15, 0.2) is 0 Å². The van der Waals surface area contributed by atoms with E-state index in [1.54, 1.807) is 0 Å². The molecule has 0 spiro atoms. The molecule has 3 heteroatoms. The molecule has 0 fully saturated rings. The average molecular weight is 221 g/mol. The summed E-state index contributed by atoms with van der Waals surface area (Å²) in [4.78, 5) is 0. The highest BCUT2D eigenvalue weighted by Crippen LogP contribution is 2.42. The standard InChI is InChI=1S/C13H19NO2/c1-3-16-13(9-14)10(2)8-15-12-7-5-4-6-11(12)13/h4-7,10H,3,8-9,14H2,1-2H3. The van der Waals surface area contributed by atoms with Gasteiger partial charge in [-0.25, -0.2) is 0 Å². The quantitative estimate of drug-likeness (QED) is 0.848. The minimum atomic E-state index is -0.385. The molecule has 0 saturated heterocycles. The second kappa shape index (κ2) is 4.44. The summed E-state index contributed by atoms with van der Waals surface area (Å²) in [5.74, 6) is 1.17. The van der Waals surface area contributed by atoms with Crippen molar-refractivity contribution in [2.24, 2.45) is 11.7 Å². The minimum absolute atomic E-state index is 0.271. The van der Waals surface area contributed by atoms with E-state index in [1.165, 1.54) is 0 Å². The summed E-state index contributed by atoms with van der Waals surface area (Å²) in [5, 5.41) is 0. The summed E-state index contributed by atoms with van der Waals surface area (Å²) in [6.45, 7) is 5.94. The van der Waals surface area contributed by atoms with E-state index in [9.17, 15) is 0 Å². The second-order valence-corrected chi connectivity index (χ2v) is 4.23. The second-order valence-electron chi connectivity index (χ2n) is 4.23. The number of ether oxygens (including phenoxy) is 2. The number of rotatable bonds is 3. The highest BCUT2D eigenvalue weighted by molar-refractivity contribution is 5.40. The molecule has 88 valence electrons. The molecule has 0 saturated carbocycles. The molecule has 1 aliphatic heterocycles. The summed E-state index contributed by atoms with van der Waals surface area (Å²) in [7, 11) is 0. The first-order valence-electron chi connectivity index (χ1n) is 5.81. The number of benzene rings is 1. The van der Waals surface area contributed by atoms with Gasteiger partial charge in [0.2, 0.25) is 0 Å². The van der Waals surface area contributed by atoms with Crippen molar-refractivity contribution in [2.75, 3.05) is 19.8 Å². The zero-order valence-electron chi connectivity index (χ0n) is 9.90. The molecular formula is C13H19NO2. The fourth-order valence-electron chi connectivity index (χ4n) is 2.40. The number of para-hydroxylation sites is 1. The Bertz CT molecular complexity index is 367. The summed E-state index contributed by atoms with van der Waals surface area (Å²) < 4.78 is 11.7. The van der Waals surface area contributed by atoms with Gasteiger partial charge in [0, 0.05) is 24.6 Å². The van der Waals surface area contributed by atoms with Gasteiger partial charge in [0.05, 0.1) is 6.61 Å². The van der Waals surface area contributed by atoms with Crippen LogP contribution in [0.1, 0.15) is 19.4 Å². The van der Waals surface area contributed by atoms with Crippen LogP contribution in [-0.2, 0) is 10.3 Å².